The van der Waals surface area contributed by atoms with Crippen molar-refractivity contribution < 1.29 is 4.79 Å². The molecule has 0 bridgehead atoms. The number of rotatable bonds is 9. The Bertz CT molecular complexity index is 624. The molecule has 3 atom stereocenters. The van der Waals surface area contributed by atoms with Crippen LogP contribution in [0.4, 0.5) is 0 Å². The Labute approximate surface area is 171 Å². The Balaban J connectivity index is 1.39. The third kappa shape index (κ3) is 5.57. The molecule has 1 aromatic carbocycles. The van der Waals surface area contributed by atoms with Gasteiger partial charge in [0.25, 0.3) is 0 Å². The molecule has 2 fully saturated rings. The Morgan fingerprint density at radius 3 is 2.50 bits per heavy atom. The molecule has 4 nitrogen and oxygen atoms in total. The minimum atomic E-state index is 0.243. The number of hydrogen-bond donors (Lipinski definition) is 1. The van der Waals surface area contributed by atoms with Crippen LogP contribution in [-0.2, 0) is 11.3 Å². The highest BCUT2D eigenvalue weighted by molar-refractivity contribution is 5.81. The van der Waals surface area contributed by atoms with Crippen LogP contribution < -0.4 is 5.32 Å². The quantitative estimate of drug-likeness (QED) is 0.702. The van der Waals surface area contributed by atoms with Crippen molar-refractivity contribution in [2.24, 2.45) is 11.8 Å². The van der Waals surface area contributed by atoms with E-state index in [0.717, 1.165) is 58.5 Å². The van der Waals surface area contributed by atoms with Crippen LogP contribution in [0.3, 0.4) is 0 Å². The van der Waals surface area contributed by atoms with E-state index in [1.807, 2.05) is 0 Å². The number of nitrogens with one attached hydrogen (secondary N) is 1. The van der Waals surface area contributed by atoms with Crippen molar-refractivity contribution in [2.75, 3.05) is 32.7 Å². The Kier molecular flexibility index (Phi) is 7.92. The van der Waals surface area contributed by atoms with Gasteiger partial charge in [0.15, 0.2) is 0 Å². The average molecular weight is 386 g/mol. The highest BCUT2D eigenvalue weighted by Crippen LogP contribution is 2.32. The number of carbonyl (C=O) groups is 1. The summed E-state index contributed by atoms with van der Waals surface area (Å²) < 4.78 is 0. The maximum absolute atomic E-state index is 12.4. The molecule has 3 unspecified atom stereocenters. The predicted molar refractivity (Wildman–Crippen MR) is 116 cm³/mol. The minimum Gasteiger partial charge on any atom is -0.353 e. The van der Waals surface area contributed by atoms with Crippen LogP contribution in [0.2, 0.25) is 0 Å². The van der Waals surface area contributed by atoms with E-state index in [9.17, 15) is 4.79 Å². The van der Waals surface area contributed by atoms with E-state index in [1.54, 1.807) is 0 Å². The number of benzene rings is 1. The summed E-state index contributed by atoms with van der Waals surface area (Å²) in [4.78, 5) is 17.6. The lowest BCUT2D eigenvalue weighted by Crippen LogP contribution is -2.46. The molecule has 0 radical (unpaired) electrons. The lowest BCUT2D eigenvalue weighted by molar-refractivity contribution is -0.123. The molecule has 28 heavy (non-hydrogen) atoms. The maximum atomic E-state index is 12.4. The molecule has 2 saturated heterocycles. The van der Waals surface area contributed by atoms with Gasteiger partial charge >= 0.3 is 0 Å². The summed E-state index contributed by atoms with van der Waals surface area (Å²) in [6, 6.07) is 9.27. The van der Waals surface area contributed by atoms with Crippen molar-refractivity contribution >= 4 is 5.91 Å². The summed E-state index contributed by atoms with van der Waals surface area (Å²) in [5.41, 5.74) is 2.77. The van der Waals surface area contributed by atoms with Gasteiger partial charge in [0.1, 0.15) is 0 Å². The third-order valence-electron chi connectivity index (χ3n) is 6.70. The molecule has 1 aromatic rings. The van der Waals surface area contributed by atoms with E-state index in [2.05, 4.69) is 60.2 Å². The molecule has 0 aromatic heterocycles. The lowest BCUT2D eigenvalue weighted by atomic mass is 9.83. The van der Waals surface area contributed by atoms with Crippen LogP contribution in [0.25, 0.3) is 0 Å². The zero-order valence-electron chi connectivity index (χ0n) is 18.1. The summed E-state index contributed by atoms with van der Waals surface area (Å²) >= 11 is 0. The summed E-state index contributed by atoms with van der Waals surface area (Å²) in [7, 11) is 0. The largest absolute Gasteiger partial charge is 0.353 e. The van der Waals surface area contributed by atoms with Crippen LogP contribution in [-0.4, -0.2) is 54.5 Å². The first-order valence-electron chi connectivity index (χ1n) is 11.4. The average Bonchev–Trinajstić information content (AvgIpc) is 2.99. The summed E-state index contributed by atoms with van der Waals surface area (Å²) in [5, 5.41) is 3.25. The fraction of sp³-hybridized carbons (Fsp3) is 0.708. The van der Waals surface area contributed by atoms with Crippen molar-refractivity contribution in [3.05, 3.63) is 35.4 Å². The van der Waals surface area contributed by atoms with E-state index in [1.165, 1.54) is 24.0 Å². The zero-order valence-corrected chi connectivity index (χ0v) is 18.1. The first-order chi connectivity index (χ1) is 13.6. The smallest absolute Gasteiger partial charge is 0.223 e. The second-order valence-electron chi connectivity index (χ2n) is 8.83. The number of nitrogens with zero attached hydrogens (tertiary/aromatic N) is 2. The standard InChI is InChI=1S/C24H39N3O/c1-4-8-21-22(24(28)25-23(21)5-2)11-7-12-26-13-15-27(16-14-26)18-20-10-6-9-19(3)17-20/h6,9-10,17,21-23H,4-5,7-8,11-16,18H2,1-3H3,(H,25,28). The van der Waals surface area contributed by atoms with E-state index in [4.69, 9.17) is 0 Å². The van der Waals surface area contributed by atoms with Gasteiger partial charge in [0.05, 0.1) is 0 Å². The Morgan fingerprint density at radius 2 is 1.82 bits per heavy atom. The van der Waals surface area contributed by atoms with Gasteiger partial charge in [-0.2, -0.15) is 0 Å². The van der Waals surface area contributed by atoms with Crippen molar-refractivity contribution in [3.8, 4) is 0 Å². The number of aryl methyl sites for hydroxylation is 1. The normalized spacial score (nSPS) is 26.5. The molecule has 3 rings (SSSR count). The topological polar surface area (TPSA) is 35.6 Å². The molecule has 2 aliphatic heterocycles. The van der Waals surface area contributed by atoms with Gasteiger partial charge in [0.2, 0.25) is 5.91 Å². The van der Waals surface area contributed by atoms with Gasteiger partial charge < -0.3 is 10.2 Å². The van der Waals surface area contributed by atoms with Gasteiger partial charge in [0, 0.05) is 44.7 Å². The van der Waals surface area contributed by atoms with Gasteiger partial charge in [-0.1, -0.05) is 50.1 Å². The first-order valence-corrected chi connectivity index (χ1v) is 11.4. The van der Waals surface area contributed by atoms with Gasteiger partial charge in [-0.25, -0.2) is 0 Å². The molecule has 2 aliphatic rings. The third-order valence-corrected chi connectivity index (χ3v) is 6.70. The van der Waals surface area contributed by atoms with Crippen LogP contribution >= 0.6 is 0 Å². The van der Waals surface area contributed by atoms with Gasteiger partial charge in [-0.3, -0.25) is 9.69 Å². The molecule has 4 heteroatoms. The number of piperazine rings is 1. The molecule has 156 valence electrons. The molecule has 1 N–H and O–H groups in total. The number of carbonyl (C=O) groups excluding carboxylic acids is 1. The van der Waals surface area contributed by atoms with E-state index in [-0.39, 0.29) is 5.92 Å². The molecule has 2 heterocycles. The van der Waals surface area contributed by atoms with Gasteiger partial charge in [-0.15, -0.1) is 0 Å². The summed E-state index contributed by atoms with van der Waals surface area (Å²) in [5.74, 6) is 1.11. The van der Waals surface area contributed by atoms with Crippen LogP contribution in [0.1, 0.15) is 57.1 Å². The van der Waals surface area contributed by atoms with E-state index < -0.39 is 0 Å². The zero-order chi connectivity index (χ0) is 19.9. The Morgan fingerprint density at radius 1 is 1.07 bits per heavy atom. The van der Waals surface area contributed by atoms with E-state index >= 15 is 0 Å². The molecule has 0 aliphatic carbocycles. The van der Waals surface area contributed by atoms with E-state index in [0.29, 0.717) is 17.9 Å². The molecular formula is C24H39N3O. The maximum Gasteiger partial charge on any atom is 0.223 e. The van der Waals surface area contributed by atoms with Crippen LogP contribution in [0.15, 0.2) is 24.3 Å². The first kappa shape index (κ1) is 21.3. The van der Waals surface area contributed by atoms with Crippen LogP contribution in [0, 0.1) is 18.8 Å². The monoisotopic (exact) mass is 385 g/mol. The Hall–Kier alpha value is -1.39. The summed E-state index contributed by atoms with van der Waals surface area (Å²) in [6.45, 7) is 13.4. The van der Waals surface area contributed by atoms with Crippen molar-refractivity contribution in [1.29, 1.82) is 0 Å². The fourth-order valence-corrected chi connectivity index (χ4v) is 5.13. The minimum absolute atomic E-state index is 0.243. The second-order valence-corrected chi connectivity index (χ2v) is 8.83. The number of hydrogen-bond acceptors (Lipinski definition) is 3. The van der Waals surface area contributed by atoms with Crippen LogP contribution in [0.5, 0.6) is 0 Å². The highest BCUT2D eigenvalue weighted by Gasteiger charge is 2.39. The molecule has 1 amide bonds. The van der Waals surface area contributed by atoms with Crippen molar-refractivity contribution in [2.45, 2.75) is 65.5 Å². The molecular weight excluding hydrogens is 346 g/mol. The number of amides is 1. The molecule has 0 saturated carbocycles. The van der Waals surface area contributed by atoms with Gasteiger partial charge in [-0.05, 0) is 50.6 Å². The highest BCUT2D eigenvalue weighted by atomic mass is 16.2. The second kappa shape index (κ2) is 10.4. The fourth-order valence-electron chi connectivity index (χ4n) is 5.13. The lowest BCUT2D eigenvalue weighted by Gasteiger charge is -2.35. The molecule has 0 spiro atoms. The SMILES string of the molecule is CCCC1C(CC)NC(=O)C1CCCN1CCN(Cc2cccc(C)c2)CC1. The predicted octanol–water partition coefficient (Wildman–Crippen LogP) is 3.83. The van der Waals surface area contributed by atoms with Crippen molar-refractivity contribution in [3.63, 3.8) is 0 Å². The summed E-state index contributed by atoms with van der Waals surface area (Å²) in [6.07, 6.45) is 5.62. The van der Waals surface area contributed by atoms with Crippen molar-refractivity contribution in [1.82, 2.24) is 15.1 Å².